The molecule has 1 heterocycles. The highest BCUT2D eigenvalue weighted by Crippen LogP contribution is 2.19. The van der Waals surface area contributed by atoms with E-state index in [9.17, 15) is 0 Å². The van der Waals surface area contributed by atoms with Gasteiger partial charge in [0, 0.05) is 0 Å². The van der Waals surface area contributed by atoms with Crippen LogP contribution < -0.4 is 11.2 Å². The Balaban J connectivity index is 2.13. The topological polar surface area (TPSA) is 76.2 Å². The standard InChI is InChI=1S/C12H11Cl2N5/c1-7-3-2-4-8(5-7)19-16-6-9-12(15)18-11(14)10(13)17-9/h2-6,19H,1H3,(H2,15,18)/b16-6+. The van der Waals surface area contributed by atoms with Crippen LogP contribution in [-0.4, -0.2) is 16.2 Å². The average molecular weight is 296 g/mol. The van der Waals surface area contributed by atoms with Crippen LogP contribution >= 0.6 is 23.2 Å². The van der Waals surface area contributed by atoms with Gasteiger partial charge in [0.2, 0.25) is 0 Å². The van der Waals surface area contributed by atoms with E-state index in [2.05, 4.69) is 20.5 Å². The maximum absolute atomic E-state index is 5.76. The number of nitrogen functional groups attached to an aromatic ring is 1. The first-order valence-corrected chi connectivity index (χ1v) is 6.16. The predicted molar refractivity (Wildman–Crippen MR) is 78.9 cm³/mol. The van der Waals surface area contributed by atoms with Crippen LogP contribution in [0.4, 0.5) is 11.5 Å². The minimum atomic E-state index is 0.0722. The molecular weight excluding hydrogens is 285 g/mol. The van der Waals surface area contributed by atoms with Gasteiger partial charge in [-0.1, -0.05) is 35.3 Å². The molecule has 1 aromatic heterocycles. The Morgan fingerprint density at radius 1 is 1.26 bits per heavy atom. The highest BCUT2D eigenvalue weighted by Gasteiger charge is 2.06. The molecule has 0 amide bonds. The Morgan fingerprint density at radius 3 is 2.74 bits per heavy atom. The van der Waals surface area contributed by atoms with Crippen molar-refractivity contribution < 1.29 is 0 Å². The van der Waals surface area contributed by atoms with E-state index in [-0.39, 0.29) is 16.1 Å². The van der Waals surface area contributed by atoms with Gasteiger partial charge in [-0.25, -0.2) is 9.97 Å². The first-order chi connectivity index (χ1) is 9.06. The second-order valence-corrected chi connectivity index (χ2v) is 4.53. The normalized spacial score (nSPS) is 10.9. The smallest absolute Gasteiger partial charge is 0.168 e. The first kappa shape index (κ1) is 13.6. The van der Waals surface area contributed by atoms with Crippen LogP contribution in [0.25, 0.3) is 0 Å². The molecule has 0 bridgehead atoms. The van der Waals surface area contributed by atoms with E-state index >= 15 is 0 Å². The number of halogens is 2. The van der Waals surface area contributed by atoms with Crippen molar-refractivity contribution in [3.8, 4) is 0 Å². The number of nitrogens with zero attached hydrogens (tertiary/aromatic N) is 3. The van der Waals surface area contributed by atoms with E-state index < -0.39 is 0 Å². The number of benzene rings is 1. The molecule has 0 aliphatic heterocycles. The summed E-state index contributed by atoms with van der Waals surface area (Å²) in [5, 5.41) is 4.19. The molecule has 98 valence electrons. The second kappa shape index (κ2) is 5.86. The average Bonchev–Trinajstić information content (AvgIpc) is 2.35. The summed E-state index contributed by atoms with van der Waals surface area (Å²) in [5.41, 5.74) is 10.9. The van der Waals surface area contributed by atoms with Crippen molar-refractivity contribution in [2.75, 3.05) is 11.2 Å². The van der Waals surface area contributed by atoms with Crippen molar-refractivity contribution in [1.82, 2.24) is 9.97 Å². The summed E-state index contributed by atoms with van der Waals surface area (Å²) in [6.45, 7) is 2.00. The van der Waals surface area contributed by atoms with Gasteiger partial charge in [0.15, 0.2) is 16.1 Å². The van der Waals surface area contributed by atoms with Gasteiger partial charge in [-0.3, -0.25) is 5.43 Å². The van der Waals surface area contributed by atoms with Gasteiger partial charge < -0.3 is 5.73 Å². The van der Waals surface area contributed by atoms with Crippen molar-refractivity contribution in [2.24, 2.45) is 5.10 Å². The van der Waals surface area contributed by atoms with Crippen LogP contribution in [0.3, 0.4) is 0 Å². The molecule has 2 rings (SSSR count). The van der Waals surface area contributed by atoms with E-state index in [1.807, 2.05) is 31.2 Å². The molecule has 2 aromatic rings. The molecule has 0 saturated heterocycles. The second-order valence-electron chi connectivity index (χ2n) is 3.82. The molecule has 1 aromatic carbocycles. The van der Waals surface area contributed by atoms with Crippen molar-refractivity contribution in [2.45, 2.75) is 6.92 Å². The third kappa shape index (κ3) is 3.56. The number of anilines is 2. The van der Waals surface area contributed by atoms with E-state index in [1.165, 1.54) is 6.21 Å². The summed E-state index contributed by atoms with van der Waals surface area (Å²) in [6, 6.07) is 7.78. The lowest BCUT2D eigenvalue weighted by molar-refractivity contribution is 1.19. The molecule has 0 radical (unpaired) electrons. The fourth-order valence-corrected chi connectivity index (χ4v) is 1.66. The van der Waals surface area contributed by atoms with Crippen molar-refractivity contribution in [3.63, 3.8) is 0 Å². The minimum absolute atomic E-state index is 0.0722. The minimum Gasteiger partial charge on any atom is -0.382 e. The summed E-state index contributed by atoms with van der Waals surface area (Å²) in [7, 11) is 0. The van der Waals surface area contributed by atoms with E-state index in [0.29, 0.717) is 5.69 Å². The molecule has 19 heavy (non-hydrogen) atoms. The summed E-state index contributed by atoms with van der Waals surface area (Å²) in [6.07, 6.45) is 1.44. The van der Waals surface area contributed by atoms with Crippen LogP contribution in [0.15, 0.2) is 29.4 Å². The number of hydrazone groups is 1. The molecule has 7 heteroatoms. The van der Waals surface area contributed by atoms with Gasteiger partial charge in [-0.2, -0.15) is 5.10 Å². The van der Waals surface area contributed by atoms with E-state index in [1.54, 1.807) is 0 Å². The molecule has 0 fully saturated rings. The fraction of sp³-hybridized carbons (Fsp3) is 0.0833. The number of hydrogen-bond donors (Lipinski definition) is 2. The van der Waals surface area contributed by atoms with Crippen LogP contribution in [0.2, 0.25) is 10.3 Å². The molecule has 0 unspecified atom stereocenters. The molecule has 0 aliphatic rings. The Morgan fingerprint density at radius 2 is 2.00 bits per heavy atom. The fourth-order valence-electron chi connectivity index (χ4n) is 1.40. The Labute approximate surface area is 120 Å². The predicted octanol–water partition coefficient (Wildman–Crippen LogP) is 3.12. The molecule has 0 spiro atoms. The molecule has 0 saturated carbocycles. The highest BCUT2D eigenvalue weighted by molar-refractivity contribution is 6.40. The third-order valence-corrected chi connectivity index (χ3v) is 2.89. The van der Waals surface area contributed by atoms with E-state index in [4.69, 9.17) is 28.9 Å². The number of aryl methyl sites for hydroxylation is 1. The zero-order chi connectivity index (χ0) is 13.8. The Bertz CT molecular complexity index is 628. The molecule has 5 nitrogen and oxygen atoms in total. The van der Waals surface area contributed by atoms with Gasteiger partial charge in [0.25, 0.3) is 0 Å². The summed E-state index contributed by atoms with van der Waals surface area (Å²) >= 11 is 11.4. The number of hydrogen-bond acceptors (Lipinski definition) is 5. The SMILES string of the molecule is Cc1cccc(N/N=C/c2nc(Cl)c(Cl)nc2N)c1. The number of nitrogens with two attached hydrogens (primary N) is 1. The first-order valence-electron chi connectivity index (χ1n) is 5.40. The zero-order valence-corrected chi connectivity index (χ0v) is 11.6. The maximum Gasteiger partial charge on any atom is 0.168 e. The summed E-state index contributed by atoms with van der Waals surface area (Å²) < 4.78 is 0. The largest absolute Gasteiger partial charge is 0.382 e. The lowest BCUT2D eigenvalue weighted by Gasteiger charge is -2.02. The zero-order valence-electron chi connectivity index (χ0n) is 10.1. The number of nitrogens with one attached hydrogen (secondary N) is 1. The monoisotopic (exact) mass is 295 g/mol. The highest BCUT2D eigenvalue weighted by atomic mass is 35.5. The van der Waals surface area contributed by atoms with Crippen molar-refractivity contribution >= 4 is 40.9 Å². The van der Waals surface area contributed by atoms with Crippen LogP contribution in [-0.2, 0) is 0 Å². The summed E-state index contributed by atoms with van der Waals surface area (Å²) in [5.74, 6) is 0.171. The lowest BCUT2D eigenvalue weighted by atomic mass is 10.2. The van der Waals surface area contributed by atoms with Crippen LogP contribution in [0, 0.1) is 6.92 Å². The van der Waals surface area contributed by atoms with E-state index in [0.717, 1.165) is 11.3 Å². The van der Waals surface area contributed by atoms with Crippen LogP contribution in [0.1, 0.15) is 11.3 Å². The van der Waals surface area contributed by atoms with Gasteiger partial charge in [-0.15, -0.1) is 0 Å². The maximum atomic E-state index is 5.76. The number of rotatable bonds is 3. The Hall–Kier alpha value is -1.85. The molecular formula is C12H11Cl2N5. The molecule has 0 aliphatic carbocycles. The van der Waals surface area contributed by atoms with Crippen molar-refractivity contribution in [3.05, 3.63) is 45.8 Å². The molecule has 0 atom stereocenters. The third-order valence-electron chi connectivity index (χ3n) is 2.27. The molecule has 3 N–H and O–H groups in total. The number of aromatic nitrogens is 2. The van der Waals surface area contributed by atoms with Gasteiger partial charge >= 0.3 is 0 Å². The van der Waals surface area contributed by atoms with Crippen molar-refractivity contribution in [1.29, 1.82) is 0 Å². The summed E-state index contributed by atoms with van der Waals surface area (Å²) in [4.78, 5) is 7.82. The van der Waals surface area contributed by atoms with Gasteiger partial charge in [0.1, 0.15) is 5.69 Å². The van der Waals surface area contributed by atoms with Gasteiger partial charge in [-0.05, 0) is 24.6 Å². The van der Waals surface area contributed by atoms with Gasteiger partial charge in [0.05, 0.1) is 11.9 Å². The Kier molecular flexibility index (Phi) is 4.19. The van der Waals surface area contributed by atoms with Crippen LogP contribution in [0.5, 0.6) is 0 Å². The quantitative estimate of drug-likeness (QED) is 0.674. The lowest BCUT2D eigenvalue weighted by Crippen LogP contribution is -2.02.